The fourth-order valence-corrected chi connectivity index (χ4v) is 3.97. The summed E-state index contributed by atoms with van der Waals surface area (Å²) >= 11 is 0. The summed E-state index contributed by atoms with van der Waals surface area (Å²) < 4.78 is 2.48. The maximum atomic E-state index is 6.48. The lowest BCUT2D eigenvalue weighted by molar-refractivity contribution is 0.452. The van der Waals surface area contributed by atoms with Crippen LogP contribution in [0.2, 0.25) is 0 Å². The van der Waals surface area contributed by atoms with Crippen LogP contribution in [0.5, 0.6) is 0 Å². The van der Waals surface area contributed by atoms with E-state index < -0.39 is 0 Å². The van der Waals surface area contributed by atoms with Crippen LogP contribution in [0.1, 0.15) is 63.6 Å². The highest BCUT2D eigenvalue weighted by atomic mass is 15.0. The molecule has 1 aliphatic carbocycles. The molecule has 2 heterocycles. The molecule has 3 heteroatoms. The van der Waals surface area contributed by atoms with Gasteiger partial charge in [0.05, 0.1) is 0 Å². The molecule has 0 saturated heterocycles. The fraction of sp³-hybridized carbons (Fsp3) is 0.545. The number of nitrogens with zero attached hydrogens (tertiary/aromatic N) is 1. The molecular formula is C22H33N3. The first kappa shape index (κ1) is 18.1. The van der Waals surface area contributed by atoms with Crippen molar-refractivity contribution in [2.75, 3.05) is 0 Å². The quantitative estimate of drug-likeness (QED) is 0.866. The van der Waals surface area contributed by atoms with Gasteiger partial charge in [-0.2, -0.15) is 0 Å². The monoisotopic (exact) mass is 339 g/mol. The fourth-order valence-electron chi connectivity index (χ4n) is 3.97. The Labute approximate surface area is 151 Å². The van der Waals surface area contributed by atoms with Crippen LogP contribution >= 0.6 is 0 Å². The standard InChI is InChI=1S/C22H33N3/c1-3-5-10-18-19(14-20(24)16-8-7-9-16)22-13-12-17(23)15-25(22)21(18)11-6-4-2/h3,5,10-11,17H,4,6-9,12-15,23-24H2,1-2H3/b5-3-,18-10-,21-11-. The smallest absolute Gasteiger partial charge is 0.0445 e. The van der Waals surface area contributed by atoms with Crippen LogP contribution in [0.15, 0.2) is 23.4 Å². The zero-order valence-electron chi connectivity index (χ0n) is 15.9. The molecule has 0 spiro atoms. The average Bonchev–Trinajstić information content (AvgIpc) is 2.81. The molecule has 1 aromatic rings. The Balaban J connectivity index is 2.17. The van der Waals surface area contributed by atoms with E-state index in [0.717, 1.165) is 44.3 Å². The minimum atomic E-state index is 0.262. The van der Waals surface area contributed by atoms with Gasteiger partial charge < -0.3 is 16.0 Å². The third-order valence-corrected chi connectivity index (χ3v) is 5.60. The van der Waals surface area contributed by atoms with Gasteiger partial charge >= 0.3 is 0 Å². The van der Waals surface area contributed by atoms with Gasteiger partial charge in [-0.25, -0.2) is 0 Å². The van der Waals surface area contributed by atoms with Crippen LogP contribution in [0, 0.1) is 0 Å². The van der Waals surface area contributed by atoms with E-state index >= 15 is 0 Å². The van der Waals surface area contributed by atoms with Crippen molar-refractivity contribution in [3.05, 3.63) is 45.2 Å². The van der Waals surface area contributed by atoms with Crippen LogP contribution < -0.4 is 22.0 Å². The zero-order chi connectivity index (χ0) is 17.8. The van der Waals surface area contributed by atoms with Crippen molar-refractivity contribution in [2.24, 2.45) is 11.5 Å². The SMILES string of the molecule is C\C=C/C=c1/c(CC(N)=C2CCC2)c2n(/c1=C\CCC)CC(N)CC2. The number of unbranched alkanes of at least 4 members (excludes halogenated alkanes) is 1. The van der Waals surface area contributed by atoms with Gasteiger partial charge in [-0.15, -0.1) is 0 Å². The second-order valence-electron chi connectivity index (χ2n) is 7.48. The molecule has 0 radical (unpaired) electrons. The van der Waals surface area contributed by atoms with Crippen LogP contribution in [-0.2, 0) is 19.4 Å². The Bertz CT molecular complexity index is 786. The molecule has 0 aromatic carbocycles. The van der Waals surface area contributed by atoms with Gasteiger partial charge in [0.25, 0.3) is 0 Å². The number of nitrogens with two attached hydrogens (primary N) is 2. The van der Waals surface area contributed by atoms with E-state index in [1.54, 1.807) is 0 Å². The Morgan fingerprint density at radius 1 is 1.28 bits per heavy atom. The molecule has 0 amide bonds. The molecule has 25 heavy (non-hydrogen) atoms. The average molecular weight is 340 g/mol. The van der Waals surface area contributed by atoms with Gasteiger partial charge in [0.1, 0.15) is 0 Å². The van der Waals surface area contributed by atoms with Crippen LogP contribution in [0.4, 0.5) is 0 Å². The first-order valence-corrected chi connectivity index (χ1v) is 9.91. The van der Waals surface area contributed by atoms with Crippen molar-refractivity contribution < 1.29 is 0 Å². The van der Waals surface area contributed by atoms with E-state index in [0.29, 0.717) is 0 Å². The summed E-state index contributed by atoms with van der Waals surface area (Å²) in [4.78, 5) is 0. The number of aromatic nitrogens is 1. The molecule has 1 unspecified atom stereocenters. The normalized spacial score (nSPS) is 21.7. The number of rotatable bonds is 5. The Morgan fingerprint density at radius 3 is 2.72 bits per heavy atom. The first-order chi connectivity index (χ1) is 12.2. The molecule has 2 aliphatic rings. The van der Waals surface area contributed by atoms with Gasteiger partial charge in [-0.05, 0) is 51.0 Å². The summed E-state index contributed by atoms with van der Waals surface area (Å²) in [5.74, 6) is 0. The third kappa shape index (κ3) is 3.77. The molecule has 1 aromatic heterocycles. The molecule has 3 nitrogen and oxygen atoms in total. The summed E-state index contributed by atoms with van der Waals surface area (Å²) in [6.07, 6.45) is 17.9. The highest BCUT2D eigenvalue weighted by molar-refractivity contribution is 5.46. The maximum absolute atomic E-state index is 6.48. The van der Waals surface area contributed by atoms with Crippen molar-refractivity contribution in [3.63, 3.8) is 0 Å². The van der Waals surface area contributed by atoms with Crippen molar-refractivity contribution in [1.82, 2.24) is 4.57 Å². The second kappa shape index (κ2) is 8.09. The van der Waals surface area contributed by atoms with Gasteiger partial charge in [0.2, 0.25) is 0 Å². The largest absolute Gasteiger partial charge is 0.402 e. The highest BCUT2D eigenvalue weighted by Crippen LogP contribution is 2.28. The Hall–Kier alpha value is -1.74. The molecule has 1 atom stereocenters. The van der Waals surface area contributed by atoms with Crippen molar-refractivity contribution in [2.45, 2.75) is 77.8 Å². The molecule has 1 aliphatic heterocycles. The molecule has 4 N–H and O–H groups in total. The molecule has 1 saturated carbocycles. The molecule has 136 valence electrons. The third-order valence-electron chi connectivity index (χ3n) is 5.60. The summed E-state index contributed by atoms with van der Waals surface area (Å²) in [7, 11) is 0. The summed E-state index contributed by atoms with van der Waals surface area (Å²) in [5, 5.41) is 2.71. The van der Waals surface area contributed by atoms with Crippen molar-refractivity contribution >= 4 is 12.2 Å². The summed E-state index contributed by atoms with van der Waals surface area (Å²) in [5.41, 5.74) is 18.2. The van der Waals surface area contributed by atoms with Crippen molar-refractivity contribution in [3.8, 4) is 0 Å². The molecule has 1 fully saturated rings. The Kier molecular flexibility index (Phi) is 5.85. The minimum Gasteiger partial charge on any atom is -0.402 e. The topological polar surface area (TPSA) is 57.0 Å². The van der Waals surface area contributed by atoms with E-state index in [9.17, 15) is 0 Å². The van der Waals surface area contributed by atoms with Crippen LogP contribution in [0.25, 0.3) is 12.2 Å². The van der Waals surface area contributed by atoms with Gasteiger partial charge in [-0.1, -0.05) is 43.2 Å². The number of fused-ring (bicyclic) bond motifs is 1. The van der Waals surface area contributed by atoms with E-state index in [2.05, 4.69) is 42.7 Å². The number of hydrogen-bond acceptors (Lipinski definition) is 2. The highest BCUT2D eigenvalue weighted by Gasteiger charge is 2.23. The lowest BCUT2D eigenvalue weighted by Crippen LogP contribution is -2.38. The molecule has 3 rings (SSSR count). The number of hydrogen-bond donors (Lipinski definition) is 2. The molecule has 0 bridgehead atoms. The van der Waals surface area contributed by atoms with Crippen LogP contribution in [0.3, 0.4) is 0 Å². The van der Waals surface area contributed by atoms with Gasteiger partial charge in [0.15, 0.2) is 0 Å². The van der Waals surface area contributed by atoms with Gasteiger partial charge in [0, 0.05) is 41.0 Å². The lowest BCUT2D eigenvalue weighted by atomic mass is 9.88. The second-order valence-corrected chi connectivity index (χ2v) is 7.48. The molecular weight excluding hydrogens is 306 g/mol. The van der Waals surface area contributed by atoms with E-state index in [-0.39, 0.29) is 6.04 Å². The predicted octanol–water partition coefficient (Wildman–Crippen LogP) is 2.64. The van der Waals surface area contributed by atoms with Crippen molar-refractivity contribution in [1.29, 1.82) is 0 Å². The van der Waals surface area contributed by atoms with E-state index in [1.807, 2.05) is 0 Å². The lowest BCUT2D eigenvalue weighted by Gasteiger charge is -2.24. The summed E-state index contributed by atoms with van der Waals surface area (Å²) in [6, 6.07) is 0.262. The van der Waals surface area contributed by atoms with Crippen LogP contribution in [-0.4, -0.2) is 10.6 Å². The van der Waals surface area contributed by atoms with E-state index in [4.69, 9.17) is 11.5 Å². The minimum absolute atomic E-state index is 0.262. The Morgan fingerprint density at radius 2 is 2.08 bits per heavy atom. The van der Waals surface area contributed by atoms with Gasteiger partial charge in [-0.3, -0.25) is 0 Å². The summed E-state index contributed by atoms with van der Waals surface area (Å²) in [6.45, 7) is 5.23. The maximum Gasteiger partial charge on any atom is 0.0445 e. The predicted molar refractivity (Wildman–Crippen MR) is 107 cm³/mol. The van der Waals surface area contributed by atoms with E-state index in [1.165, 1.54) is 46.7 Å². The zero-order valence-corrected chi connectivity index (χ0v) is 15.9. The number of allylic oxidation sites excluding steroid dienone is 4. The first-order valence-electron chi connectivity index (χ1n) is 9.91.